The molecule has 2 aromatic carbocycles. The topological polar surface area (TPSA) is 71.0 Å². The minimum Gasteiger partial charge on any atom is -0.492 e. The number of fused-ring (bicyclic) bond motifs is 1. The molecule has 0 fully saturated rings. The van der Waals surface area contributed by atoms with Crippen molar-refractivity contribution in [3.05, 3.63) is 100.0 Å². The first kappa shape index (κ1) is 21.4. The Hall–Kier alpha value is -3.87. The number of nitrogens with zero attached hydrogens (tertiary/aromatic N) is 4. The summed E-state index contributed by atoms with van der Waals surface area (Å²) in [5.74, 6) is 1.13. The fourth-order valence-electron chi connectivity index (χ4n) is 3.66. The third-order valence-electron chi connectivity index (χ3n) is 5.37. The third-order valence-corrected chi connectivity index (χ3v) is 5.37. The monoisotopic (exact) mass is 430 g/mol. The van der Waals surface area contributed by atoms with E-state index in [-0.39, 0.29) is 6.54 Å². The molecule has 0 saturated heterocycles. The van der Waals surface area contributed by atoms with Gasteiger partial charge in [-0.15, -0.1) is 6.58 Å². The maximum absolute atomic E-state index is 13.2. The Morgan fingerprint density at radius 3 is 2.44 bits per heavy atom. The molecule has 0 aliphatic heterocycles. The lowest BCUT2D eigenvalue weighted by Gasteiger charge is -2.13. The van der Waals surface area contributed by atoms with E-state index in [1.807, 2.05) is 54.6 Å². The molecule has 0 radical (unpaired) electrons. The molecule has 0 N–H and O–H groups in total. The van der Waals surface area contributed by atoms with Gasteiger partial charge < -0.3 is 9.30 Å². The van der Waals surface area contributed by atoms with Gasteiger partial charge in [-0.1, -0.05) is 50.3 Å². The second kappa shape index (κ2) is 9.09. The van der Waals surface area contributed by atoms with E-state index >= 15 is 0 Å². The number of para-hydroxylation sites is 1. The number of aromatic nitrogens is 4. The van der Waals surface area contributed by atoms with Crippen molar-refractivity contribution in [2.24, 2.45) is 0 Å². The summed E-state index contributed by atoms with van der Waals surface area (Å²) in [4.78, 5) is 30.8. The largest absolute Gasteiger partial charge is 0.492 e. The molecule has 0 aliphatic carbocycles. The smallest absolute Gasteiger partial charge is 0.337 e. The molecule has 4 rings (SSSR count). The van der Waals surface area contributed by atoms with Crippen LogP contribution in [0.1, 0.15) is 25.3 Å². The molecule has 2 aromatic heterocycles. The lowest BCUT2D eigenvalue weighted by molar-refractivity contribution is 0.300. The van der Waals surface area contributed by atoms with Gasteiger partial charge >= 0.3 is 5.69 Å². The van der Waals surface area contributed by atoms with Crippen molar-refractivity contribution in [2.45, 2.75) is 32.9 Å². The summed E-state index contributed by atoms with van der Waals surface area (Å²) in [7, 11) is 0. The third kappa shape index (κ3) is 4.01. The molecular weight excluding hydrogens is 404 g/mol. The van der Waals surface area contributed by atoms with Gasteiger partial charge in [0.2, 0.25) is 0 Å². The maximum Gasteiger partial charge on any atom is 0.337 e. The fourth-order valence-corrected chi connectivity index (χ4v) is 3.66. The van der Waals surface area contributed by atoms with E-state index in [9.17, 15) is 9.59 Å². The highest BCUT2D eigenvalue weighted by Crippen LogP contribution is 2.18. The van der Waals surface area contributed by atoms with Crippen molar-refractivity contribution in [3.63, 3.8) is 0 Å². The van der Waals surface area contributed by atoms with E-state index in [1.54, 1.807) is 17.0 Å². The Labute approximate surface area is 185 Å². The molecule has 0 atom stereocenters. The molecule has 0 unspecified atom stereocenters. The van der Waals surface area contributed by atoms with Crippen LogP contribution in [0.2, 0.25) is 0 Å². The highest BCUT2D eigenvalue weighted by Gasteiger charge is 2.19. The highest BCUT2D eigenvalue weighted by molar-refractivity contribution is 5.72. The van der Waals surface area contributed by atoms with Crippen LogP contribution in [0, 0.1) is 0 Å². The number of benzene rings is 2. The molecule has 2 heterocycles. The first-order chi connectivity index (χ1) is 15.5. The number of rotatable bonds is 8. The predicted octanol–water partition coefficient (Wildman–Crippen LogP) is 3.74. The van der Waals surface area contributed by atoms with Crippen molar-refractivity contribution in [2.75, 3.05) is 6.61 Å². The van der Waals surface area contributed by atoms with Gasteiger partial charge in [0.1, 0.15) is 12.4 Å². The number of imidazole rings is 1. The predicted molar refractivity (Wildman–Crippen MR) is 126 cm³/mol. The van der Waals surface area contributed by atoms with Crippen molar-refractivity contribution >= 4 is 11.2 Å². The van der Waals surface area contributed by atoms with E-state index in [1.165, 1.54) is 14.7 Å². The van der Waals surface area contributed by atoms with Crippen molar-refractivity contribution in [3.8, 4) is 11.4 Å². The number of ether oxygens (including phenoxy) is 1. The summed E-state index contributed by atoms with van der Waals surface area (Å²) in [5, 5.41) is 0. The first-order valence-electron chi connectivity index (χ1n) is 10.6. The van der Waals surface area contributed by atoms with E-state index in [2.05, 4.69) is 25.4 Å². The van der Waals surface area contributed by atoms with Crippen LogP contribution in [0.15, 0.2) is 83.2 Å². The Bertz CT molecular complexity index is 1350. The zero-order chi connectivity index (χ0) is 22.7. The minimum atomic E-state index is -0.439. The average molecular weight is 431 g/mol. The SMILES string of the molecule is C=CCn1c(=O)c2c(ncn2CCOc2ccccc2)n(-c2ccc(C(C)C)cc2)c1=O. The summed E-state index contributed by atoms with van der Waals surface area (Å²) >= 11 is 0. The van der Waals surface area contributed by atoms with E-state index < -0.39 is 11.2 Å². The second-order valence-corrected chi connectivity index (χ2v) is 7.84. The Morgan fingerprint density at radius 2 is 1.78 bits per heavy atom. The van der Waals surface area contributed by atoms with Gasteiger partial charge in [-0.3, -0.25) is 9.36 Å². The Kier molecular flexibility index (Phi) is 6.07. The van der Waals surface area contributed by atoms with Crippen LogP contribution >= 0.6 is 0 Å². The zero-order valence-corrected chi connectivity index (χ0v) is 18.3. The van der Waals surface area contributed by atoms with Crippen LogP contribution in [-0.2, 0) is 13.1 Å². The first-order valence-corrected chi connectivity index (χ1v) is 10.6. The minimum absolute atomic E-state index is 0.114. The zero-order valence-electron chi connectivity index (χ0n) is 18.3. The lowest BCUT2D eigenvalue weighted by atomic mass is 10.0. The molecular formula is C25H26N4O3. The normalized spacial score (nSPS) is 11.2. The van der Waals surface area contributed by atoms with Crippen LogP contribution in [0.25, 0.3) is 16.9 Å². The van der Waals surface area contributed by atoms with E-state index in [4.69, 9.17) is 4.74 Å². The van der Waals surface area contributed by atoms with Crippen molar-refractivity contribution in [1.29, 1.82) is 0 Å². The summed E-state index contributed by atoms with van der Waals surface area (Å²) in [6.07, 6.45) is 3.12. The molecule has 7 nitrogen and oxygen atoms in total. The summed E-state index contributed by atoms with van der Waals surface area (Å²) in [6.45, 7) is 8.81. The number of hydrogen-bond acceptors (Lipinski definition) is 4. The van der Waals surface area contributed by atoms with Gasteiger partial charge in [0, 0.05) is 6.54 Å². The van der Waals surface area contributed by atoms with Gasteiger partial charge in [-0.2, -0.15) is 0 Å². The molecule has 7 heteroatoms. The average Bonchev–Trinajstić information content (AvgIpc) is 3.21. The lowest BCUT2D eigenvalue weighted by Crippen LogP contribution is -2.39. The molecule has 0 saturated carbocycles. The maximum atomic E-state index is 13.2. The highest BCUT2D eigenvalue weighted by atomic mass is 16.5. The quantitative estimate of drug-likeness (QED) is 0.399. The molecule has 0 spiro atoms. The van der Waals surface area contributed by atoms with Gasteiger partial charge in [0.25, 0.3) is 5.56 Å². The standard InChI is InChI=1S/C25H26N4O3/c1-4-14-28-24(30)22-23(26-17-27(22)15-16-32-21-8-6-5-7-9-21)29(25(28)31)20-12-10-19(11-13-20)18(2)3/h4-13,17-18H,1,14-16H2,2-3H3. The number of hydrogen-bond donors (Lipinski definition) is 0. The summed E-state index contributed by atoms with van der Waals surface area (Å²) in [6, 6.07) is 17.2. The fraction of sp³-hybridized carbons (Fsp3) is 0.240. The van der Waals surface area contributed by atoms with E-state index in [0.717, 1.165) is 5.75 Å². The molecule has 0 bridgehead atoms. The molecule has 4 aromatic rings. The van der Waals surface area contributed by atoms with Crippen LogP contribution in [-0.4, -0.2) is 25.3 Å². The second-order valence-electron chi connectivity index (χ2n) is 7.84. The van der Waals surface area contributed by atoms with Gasteiger partial charge in [0.15, 0.2) is 11.2 Å². The van der Waals surface area contributed by atoms with Gasteiger partial charge in [-0.05, 0) is 35.7 Å². The summed E-state index contributed by atoms with van der Waals surface area (Å²) < 4.78 is 10.2. The van der Waals surface area contributed by atoms with Crippen LogP contribution in [0.3, 0.4) is 0 Å². The van der Waals surface area contributed by atoms with Crippen molar-refractivity contribution in [1.82, 2.24) is 18.7 Å². The molecule has 32 heavy (non-hydrogen) atoms. The molecule has 0 aliphatic rings. The molecule has 0 amide bonds. The summed E-state index contributed by atoms with van der Waals surface area (Å²) in [5.41, 5.74) is 1.69. The van der Waals surface area contributed by atoms with Gasteiger partial charge in [0.05, 0.1) is 18.6 Å². The Balaban J connectivity index is 1.79. The molecule has 164 valence electrons. The van der Waals surface area contributed by atoms with Crippen LogP contribution in [0.4, 0.5) is 0 Å². The number of allylic oxidation sites excluding steroid dienone is 1. The van der Waals surface area contributed by atoms with Crippen molar-refractivity contribution < 1.29 is 4.74 Å². The van der Waals surface area contributed by atoms with Crippen LogP contribution < -0.4 is 16.0 Å². The Morgan fingerprint density at radius 1 is 1.06 bits per heavy atom. The van der Waals surface area contributed by atoms with Gasteiger partial charge in [-0.25, -0.2) is 14.3 Å². The van der Waals surface area contributed by atoms with Crippen LogP contribution in [0.5, 0.6) is 5.75 Å². The van der Waals surface area contributed by atoms with E-state index in [0.29, 0.717) is 35.9 Å².